The third-order valence-electron chi connectivity index (χ3n) is 2.77. The average Bonchev–Trinajstić information content (AvgIpc) is 2.05. The summed E-state index contributed by atoms with van der Waals surface area (Å²) >= 11 is 0. The van der Waals surface area contributed by atoms with E-state index in [1.165, 1.54) is 0 Å². The molecule has 1 rings (SSSR count). The molecule has 0 saturated carbocycles. The van der Waals surface area contributed by atoms with Gasteiger partial charge in [-0.1, -0.05) is 13.8 Å². The Balaban J connectivity index is 2.58. The lowest BCUT2D eigenvalue weighted by atomic mass is 9.93. The SMILES string of the molecule is C[C@@H]1CCC(=O)N(C)C[C@@H]1C. The molecule has 0 radical (unpaired) electrons. The molecule has 0 N–H and O–H groups in total. The zero-order chi connectivity index (χ0) is 8.43. The summed E-state index contributed by atoms with van der Waals surface area (Å²) in [4.78, 5) is 13.1. The van der Waals surface area contributed by atoms with Gasteiger partial charge in [-0.05, 0) is 18.3 Å². The Bertz CT molecular complexity index is 156. The van der Waals surface area contributed by atoms with E-state index in [0.717, 1.165) is 19.4 Å². The second-order valence-corrected chi connectivity index (χ2v) is 3.77. The van der Waals surface area contributed by atoms with Gasteiger partial charge in [0, 0.05) is 20.0 Å². The van der Waals surface area contributed by atoms with Crippen molar-refractivity contribution in [2.45, 2.75) is 26.7 Å². The van der Waals surface area contributed by atoms with Crippen LogP contribution in [0, 0.1) is 11.8 Å². The fourth-order valence-corrected chi connectivity index (χ4v) is 1.54. The molecule has 64 valence electrons. The summed E-state index contributed by atoms with van der Waals surface area (Å²) in [5.74, 6) is 1.66. The normalized spacial score (nSPS) is 33.7. The van der Waals surface area contributed by atoms with Gasteiger partial charge in [0.25, 0.3) is 0 Å². The molecule has 1 aliphatic rings. The van der Waals surface area contributed by atoms with Crippen LogP contribution in [0.5, 0.6) is 0 Å². The van der Waals surface area contributed by atoms with Crippen LogP contribution in [-0.4, -0.2) is 24.4 Å². The van der Waals surface area contributed by atoms with Crippen molar-refractivity contribution in [3.05, 3.63) is 0 Å². The van der Waals surface area contributed by atoms with Gasteiger partial charge in [0.05, 0.1) is 0 Å². The second-order valence-electron chi connectivity index (χ2n) is 3.77. The van der Waals surface area contributed by atoms with E-state index in [4.69, 9.17) is 0 Å². The van der Waals surface area contributed by atoms with Crippen molar-refractivity contribution in [3.8, 4) is 0 Å². The van der Waals surface area contributed by atoms with Crippen molar-refractivity contribution < 1.29 is 4.79 Å². The van der Waals surface area contributed by atoms with Crippen molar-refractivity contribution in [2.24, 2.45) is 11.8 Å². The molecule has 0 aromatic heterocycles. The molecule has 1 saturated heterocycles. The van der Waals surface area contributed by atoms with Gasteiger partial charge in [0.1, 0.15) is 0 Å². The summed E-state index contributed by atoms with van der Waals surface area (Å²) in [5, 5.41) is 0. The standard InChI is InChI=1S/C9H17NO/c1-7-4-5-9(11)10(3)6-8(7)2/h7-8H,4-6H2,1-3H3/t7-,8+/m1/s1. The Morgan fingerprint density at radius 3 is 2.64 bits per heavy atom. The lowest BCUT2D eigenvalue weighted by molar-refractivity contribution is -0.129. The molecule has 1 aliphatic heterocycles. The van der Waals surface area contributed by atoms with E-state index in [-0.39, 0.29) is 0 Å². The first-order valence-corrected chi connectivity index (χ1v) is 4.35. The third-order valence-corrected chi connectivity index (χ3v) is 2.77. The van der Waals surface area contributed by atoms with Gasteiger partial charge in [-0.25, -0.2) is 0 Å². The van der Waals surface area contributed by atoms with Gasteiger partial charge in [-0.3, -0.25) is 4.79 Å². The first-order valence-electron chi connectivity index (χ1n) is 4.35. The summed E-state index contributed by atoms with van der Waals surface area (Å²) in [6.07, 6.45) is 1.80. The molecule has 0 aromatic rings. The quantitative estimate of drug-likeness (QED) is 0.519. The zero-order valence-corrected chi connectivity index (χ0v) is 7.63. The molecule has 2 nitrogen and oxygen atoms in total. The number of carbonyl (C=O) groups excluding carboxylic acids is 1. The highest BCUT2D eigenvalue weighted by Gasteiger charge is 2.22. The fraction of sp³-hybridized carbons (Fsp3) is 0.889. The summed E-state index contributed by atoms with van der Waals surface area (Å²) in [6.45, 7) is 5.39. The number of nitrogens with zero attached hydrogens (tertiary/aromatic N) is 1. The van der Waals surface area contributed by atoms with Crippen LogP contribution < -0.4 is 0 Å². The maximum absolute atomic E-state index is 11.2. The van der Waals surface area contributed by atoms with E-state index < -0.39 is 0 Å². The van der Waals surface area contributed by atoms with Gasteiger partial charge in [-0.2, -0.15) is 0 Å². The maximum atomic E-state index is 11.2. The molecule has 11 heavy (non-hydrogen) atoms. The summed E-state index contributed by atoms with van der Waals surface area (Å²) < 4.78 is 0. The van der Waals surface area contributed by atoms with Crippen LogP contribution in [0.1, 0.15) is 26.7 Å². The van der Waals surface area contributed by atoms with E-state index in [1.807, 2.05) is 11.9 Å². The van der Waals surface area contributed by atoms with Crippen molar-refractivity contribution in [3.63, 3.8) is 0 Å². The van der Waals surface area contributed by atoms with Gasteiger partial charge < -0.3 is 4.90 Å². The molecular formula is C9H17NO. The molecule has 2 heteroatoms. The Labute approximate surface area is 68.6 Å². The largest absolute Gasteiger partial charge is 0.345 e. The van der Waals surface area contributed by atoms with E-state index in [2.05, 4.69) is 13.8 Å². The van der Waals surface area contributed by atoms with Crippen molar-refractivity contribution >= 4 is 5.91 Å². The Morgan fingerprint density at radius 1 is 1.36 bits per heavy atom. The lowest BCUT2D eigenvalue weighted by Gasteiger charge is -2.19. The van der Waals surface area contributed by atoms with Crippen molar-refractivity contribution in [2.75, 3.05) is 13.6 Å². The first kappa shape index (κ1) is 8.57. The first-order chi connectivity index (χ1) is 5.11. The predicted octanol–water partition coefficient (Wildman–Crippen LogP) is 1.51. The molecule has 1 fully saturated rings. The molecular weight excluding hydrogens is 138 g/mol. The predicted molar refractivity (Wildman–Crippen MR) is 45.2 cm³/mol. The minimum atomic E-state index is 0.307. The molecule has 1 heterocycles. The molecule has 0 aliphatic carbocycles. The van der Waals surface area contributed by atoms with E-state index in [1.54, 1.807) is 0 Å². The van der Waals surface area contributed by atoms with Crippen LogP contribution in [0.4, 0.5) is 0 Å². The minimum absolute atomic E-state index is 0.307. The molecule has 0 unspecified atom stereocenters. The lowest BCUT2D eigenvalue weighted by Crippen LogP contribution is -2.28. The highest BCUT2D eigenvalue weighted by atomic mass is 16.2. The topological polar surface area (TPSA) is 20.3 Å². The highest BCUT2D eigenvalue weighted by Crippen LogP contribution is 2.21. The van der Waals surface area contributed by atoms with Crippen LogP contribution in [0.15, 0.2) is 0 Å². The smallest absolute Gasteiger partial charge is 0.222 e. The van der Waals surface area contributed by atoms with Gasteiger partial charge in [0.2, 0.25) is 5.91 Å². The van der Waals surface area contributed by atoms with Gasteiger partial charge >= 0.3 is 0 Å². The number of carbonyl (C=O) groups is 1. The average molecular weight is 155 g/mol. The minimum Gasteiger partial charge on any atom is -0.345 e. The third kappa shape index (κ3) is 1.95. The maximum Gasteiger partial charge on any atom is 0.222 e. The number of amides is 1. The van der Waals surface area contributed by atoms with Crippen LogP contribution in [0.2, 0.25) is 0 Å². The van der Waals surface area contributed by atoms with E-state index in [0.29, 0.717) is 17.7 Å². The number of likely N-dealkylation sites (tertiary alicyclic amines) is 1. The molecule has 0 aromatic carbocycles. The van der Waals surface area contributed by atoms with Crippen LogP contribution in [-0.2, 0) is 4.79 Å². The Kier molecular flexibility index (Phi) is 2.53. The van der Waals surface area contributed by atoms with Crippen LogP contribution in [0.25, 0.3) is 0 Å². The zero-order valence-electron chi connectivity index (χ0n) is 7.63. The number of rotatable bonds is 0. The monoisotopic (exact) mass is 155 g/mol. The van der Waals surface area contributed by atoms with E-state index in [9.17, 15) is 4.79 Å². The van der Waals surface area contributed by atoms with E-state index >= 15 is 0 Å². The molecule has 0 bridgehead atoms. The number of hydrogen-bond donors (Lipinski definition) is 0. The fourth-order valence-electron chi connectivity index (χ4n) is 1.54. The second kappa shape index (κ2) is 3.24. The highest BCUT2D eigenvalue weighted by molar-refractivity contribution is 5.76. The van der Waals surface area contributed by atoms with Gasteiger partial charge in [-0.15, -0.1) is 0 Å². The number of hydrogen-bond acceptors (Lipinski definition) is 1. The Morgan fingerprint density at radius 2 is 2.00 bits per heavy atom. The molecule has 0 spiro atoms. The van der Waals surface area contributed by atoms with Crippen molar-refractivity contribution in [1.29, 1.82) is 0 Å². The van der Waals surface area contributed by atoms with Gasteiger partial charge in [0.15, 0.2) is 0 Å². The van der Waals surface area contributed by atoms with Crippen LogP contribution >= 0.6 is 0 Å². The summed E-state index contributed by atoms with van der Waals surface area (Å²) in [6, 6.07) is 0. The molecule has 2 atom stereocenters. The molecule has 1 amide bonds. The summed E-state index contributed by atoms with van der Waals surface area (Å²) in [5.41, 5.74) is 0. The Hall–Kier alpha value is -0.530. The van der Waals surface area contributed by atoms with Crippen molar-refractivity contribution in [1.82, 2.24) is 4.90 Å². The van der Waals surface area contributed by atoms with Crippen LogP contribution in [0.3, 0.4) is 0 Å². The summed E-state index contributed by atoms with van der Waals surface area (Å²) in [7, 11) is 1.90.